The molecule has 1 atom stereocenters. The van der Waals surface area contributed by atoms with Crippen LogP contribution in [0.1, 0.15) is 12.0 Å². The van der Waals surface area contributed by atoms with Gasteiger partial charge in [0.2, 0.25) is 5.91 Å². The molecule has 1 fully saturated rings. The third kappa shape index (κ3) is 2.63. The minimum Gasteiger partial charge on any atom is -0.345 e. The van der Waals surface area contributed by atoms with Crippen molar-refractivity contribution in [2.75, 3.05) is 13.6 Å². The summed E-state index contributed by atoms with van der Waals surface area (Å²) in [5.74, 6) is -0.0696. The van der Waals surface area contributed by atoms with Crippen molar-refractivity contribution in [2.45, 2.75) is 23.0 Å². The molecule has 1 unspecified atom stereocenters. The van der Waals surface area contributed by atoms with E-state index in [1.54, 1.807) is 11.9 Å². The van der Waals surface area contributed by atoms with E-state index in [2.05, 4.69) is 10.2 Å². The maximum Gasteiger partial charge on any atom is 0.417 e. The SMILES string of the molecule is CN1CCC(Sc2nnc3c(Cl)cc(C(F)(F)F)cn23)C1=O. The molecule has 0 saturated carbocycles. The van der Waals surface area contributed by atoms with Gasteiger partial charge in [0.05, 0.1) is 15.8 Å². The van der Waals surface area contributed by atoms with Gasteiger partial charge in [-0.2, -0.15) is 13.2 Å². The molecule has 2 aromatic heterocycles. The van der Waals surface area contributed by atoms with E-state index in [-0.39, 0.29) is 27.0 Å². The Morgan fingerprint density at radius 3 is 2.73 bits per heavy atom. The van der Waals surface area contributed by atoms with Crippen LogP contribution < -0.4 is 0 Å². The predicted octanol–water partition coefficient (Wildman–Crippen LogP) is 2.72. The molecule has 3 rings (SSSR count). The van der Waals surface area contributed by atoms with Gasteiger partial charge in [0.15, 0.2) is 10.8 Å². The molecule has 0 bridgehead atoms. The predicted molar refractivity (Wildman–Crippen MR) is 74.9 cm³/mol. The molecule has 3 heterocycles. The maximum absolute atomic E-state index is 12.9. The number of rotatable bonds is 2. The molecule has 1 aliphatic heterocycles. The number of amides is 1. The van der Waals surface area contributed by atoms with Gasteiger partial charge in [0, 0.05) is 19.8 Å². The summed E-state index contributed by atoms with van der Waals surface area (Å²) >= 11 is 6.94. The van der Waals surface area contributed by atoms with Gasteiger partial charge in [0.1, 0.15) is 0 Å². The van der Waals surface area contributed by atoms with E-state index < -0.39 is 11.7 Å². The lowest BCUT2D eigenvalue weighted by Crippen LogP contribution is -2.23. The molecule has 1 amide bonds. The fourth-order valence-corrected chi connectivity index (χ4v) is 3.54. The fourth-order valence-electron chi connectivity index (χ4n) is 2.20. The lowest BCUT2D eigenvalue weighted by atomic mass is 10.3. The second kappa shape index (κ2) is 5.31. The van der Waals surface area contributed by atoms with Crippen molar-refractivity contribution >= 4 is 34.9 Å². The molecule has 1 saturated heterocycles. The minimum atomic E-state index is -4.52. The summed E-state index contributed by atoms with van der Waals surface area (Å²) in [5.41, 5.74) is -0.752. The number of pyridine rings is 1. The summed E-state index contributed by atoms with van der Waals surface area (Å²) in [6.07, 6.45) is -3.01. The fraction of sp³-hybridized carbons (Fsp3) is 0.417. The number of likely N-dealkylation sites (tertiary alicyclic amines) is 1. The Balaban J connectivity index is 2.00. The topological polar surface area (TPSA) is 50.5 Å². The van der Waals surface area contributed by atoms with E-state index in [1.165, 1.54) is 4.40 Å². The normalized spacial score (nSPS) is 19.4. The second-order valence-electron chi connectivity index (χ2n) is 4.91. The monoisotopic (exact) mass is 350 g/mol. The van der Waals surface area contributed by atoms with E-state index in [0.717, 1.165) is 24.0 Å². The maximum atomic E-state index is 12.9. The summed E-state index contributed by atoms with van der Waals surface area (Å²) in [6, 6.07) is 0.814. The van der Waals surface area contributed by atoms with Gasteiger partial charge in [-0.1, -0.05) is 23.4 Å². The summed E-state index contributed by atoms with van der Waals surface area (Å²) in [4.78, 5) is 13.5. The van der Waals surface area contributed by atoms with Gasteiger partial charge in [-0.3, -0.25) is 9.20 Å². The Bertz CT molecular complexity index is 748. The van der Waals surface area contributed by atoms with Crippen LogP contribution in [0, 0.1) is 0 Å². The number of fused-ring (bicyclic) bond motifs is 1. The average molecular weight is 351 g/mol. The van der Waals surface area contributed by atoms with Gasteiger partial charge in [0.25, 0.3) is 0 Å². The van der Waals surface area contributed by atoms with Crippen LogP contribution in [0.2, 0.25) is 5.02 Å². The van der Waals surface area contributed by atoms with Crippen molar-refractivity contribution in [3.05, 3.63) is 22.8 Å². The van der Waals surface area contributed by atoms with Crippen molar-refractivity contribution in [1.82, 2.24) is 19.5 Å². The first-order valence-electron chi connectivity index (χ1n) is 6.30. The van der Waals surface area contributed by atoms with Gasteiger partial charge in [-0.15, -0.1) is 10.2 Å². The molecule has 0 aromatic carbocycles. The van der Waals surface area contributed by atoms with Gasteiger partial charge in [-0.05, 0) is 12.5 Å². The van der Waals surface area contributed by atoms with Crippen LogP contribution in [-0.4, -0.2) is 44.2 Å². The van der Waals surface area contributed by atoms with Crippen LogP contribution in [0.15, 0.2) is 17.4 Å². The standard InChI is InChI=1S/C12H10ClF3N4OS/c1-19-3-2-8(10(19)21)22-11-18-17-9-7(13)4-6(5-20(9)11)12(14,15)16/h4-5,8H,2-3H2,1H3. The number of halogens is 4. The van der Waals surface area contributed by atoms with Crippen LogP contribution in [0.5, 0.6) is 0 Å². The lowest BCUT2D eigenvalue weighted by molar-refractivity contribution is -0.137. The first-order valence-corrected chi connectivity index (χ1v) is 7.56. The van der Waals surface area contributed by atoms with E-state index in [0.29, 0.717) is 13.0 Å². The van der Waals surface area contributed by atoms with E-state index in [4.69, 9.17) is 11.6 Å². The molecule has 22 heavy (non-hydrogen) atoms. The molecular weight excluding hydrogens is 341 g/mol. The summed E-state index contributed by atoms with van der Waals surface area (Å²) in [7, 11) is 1.68. The Labute approximate surface area is 132 Å². The van der Waals surface area contributed by atoms with Crippen LogP contribution in [-0.2, 0) is 11.0 Å². The third-order valence-corrected chi connectivity index (χ3v) is 4.87. The Hall–Kier alpha value is -1.48. The van der Waals surface area contributed by atoms with E-state index in [1.807, 2.05) is 0 Å². The zero-order chi connectivity index (χ0) is 16.1. The number of carbonyl (C=O) groups excluding carboxylic acids is 1. The molecular formula is C12H10ClF3N4OS. The van der Waals surface area contributed by atoms with Crippen LogP contribution in [0.25, 0.3) is 5.65 Å². The Kier molecular flexibility index (Phi) is 3.72. The average Bonchev–Trinajstić information content (AvgIpc) is 2.97. The summed E-state index contributed by atoms with van der Waals surface area (Å²) in [5, 5.41) is 7.37. The number of thioether (sulfide) groups is 1. The van der Waals surface area contributed by atoms with Crippen molar-refractivity contribution in [3.63, 3.8) is 0 Å². The number of nitrogens with zero attached hydrogens (tertiary/aromatic N) is 4. The zero-order valence-electron chi connectivity index (χ0n) is 11.3. The molecule has 10 heteroatoms. The van der Waals surface area contributed by atoms with E-state index >= 15 is 0 Å². The Morgan fingerprint density at radius 2 is 2.14 bits per heavy atom. The number of alkyl halides is 3. The zero-order valence-corrected chi connectivity index (χ0v) is 12.8. The van der Waals surface area contributed by atoms with Gasteiger partial charge >= 0.3 is 6.18 Å². The molecule has 1 aliphatic rings. The van der Waals surface area contributed by atoms with Crippen LogP contribution in [0.4, 0.5) is 13.2 Å². The number of aromatic nitrogens is 3. The highest BCUT2D eigenvalue weighted by Gasteiger charge is 2.34. The second-order valence-corrected chi connectivity index (χ2v) is 6.48. The number of hydrogen-bond acceptors (Lipinski definition) is 4. The van der Waals surface area contributed by atoms with Crippen molar-refractivity contribution in [3.8, 4) is 0 Å². The van der Waals surface area contributed by atoms with Gasteiger partial charge < -0.3 is 4.90 Å². The third-order valence-electron chi connectivity index (χ3n) is 3.38. The first-order chi connectivity index (χ1) is 10.3. The van der Waals surface area contributed by atoms with Crippen LogP contribution >= 0.6 is 23.4 Å². The first kappa shape index (κ1) is 15.4. The highest BCUT2D eigenvalue weighted by Crippen LogP contribution is 2.35. The largest absolute Gasteiger partial charge is 0.417 e. The quantitative estimate of drug-likeness (QED) is 0.835. The highest BCUT2D eigenvalue weighted by atomic mass is 35.5. The van der Waals surface area contributed by atoms with Crippen LogP contribution in [0.3, 0.4) is 0 Å². The molecule has 0 radical (unpaired) electrons. The van der Waals surface area contributed by atoms with Gasteiger partial charge in [-0.25, -0.2) is 0 Å². The van der Waals surface area contributed by atoms with Crippen molar-refractivity contribution < 1.29 is 18.0 Å². The minimum absolute atomic E-state index is 0.0696. The Morgan fingerprint density at radius 1 is 1.41 bits per heavy atom. The summed E-state index contributed by atoms with van der Waals surface area (Å²) in [6.45, 7) is 0.613. The van der Waals surface area contributed by atoms with Crippen molar-refractivity contribution in [1.29, 1.82) is 0 Å². The molecule has 0 N–H and O–H groups in total. The molecule has 0 spiro atoms. The number of hydrogen-bond donors (Lipinski definition) is 0. The van der Waals surface area contributed by atoms with Crippen molar-refractivity contribution in [2.24, 2.45) is 0 Å². The molecule has 2 aromatic rings. The molecule has 5 nitrogen and oxygen atoms in total. The molecule has 118 valence electrons. The lowest BCUT2D eigenvalue weighted by Gasteiger charge is -2.10. The molecule has 0 aliphatic carbocycles. The highest BCUT2D eigenvalue weighted by molar-refractivity contribution is 8.00. The summed E-state index contributed by atoms with van der Waals surface area (Å²) < 4.78 is 39.8. The smallest absolute Gasteiger partial charge is 0.345 e. The van der Waals surface area contributed by atoms with E-state index in [9.17, 15) is 18.0 Å². The number of carbonyl (C=O) groups is 1.